The molecule has 2 aromatic heterocycles. The van der Waals surface area contributed by atoms with Crippen molar-refractivity contribution < 1.29 is 13.2 Å². The highest BCUT2D eigenvalue weighted by Gasteiger charge is 2.15. The van der Waals surface area contributed by atoms with E-state index in [4.69, 9.17) is 5.14 Å². The molecule has 0 bridgehead atoms. The number of hydrogen-bond donors (Lipinski definition) is 2. The second-order valence-electron chi connectivity index (χ2n) is 4.99. The van der Waals surface area contributed by atoms with Crippen LogP contribution in [0.1, 0.15) is 15.2 Å². The standard InChI is InChI=1S/C14H12N4O4S2/c1-8-7-18-13(20)11(6-16-14(18)23-8)12(19)17-9-2-4-10(5-3-9)24(15,21)22/h2-7H,1H3,(H,17,19)(H2,15,21,22). The van der Waals surface area contributed by atoms with E-state index >= 15 is 0 Å². The van der Waals surface area contributed by atoms with Gasteiger partial charge in [0.05, 0.1) is 4.90 Å². The molecule has 0 atom stereocenters. The SMILES string of the molecule is Cc1cn2c(=O)c(C(=O)Nc3ccc(S(N)(=O)=O)cc3)cnc2s1. The van der Waals surface area contributed by atoms with E-state index in [1.165, 1.54) is 46.2 Å². The summed E-state index contributed by atoms with van der Waals surface area (Å²) in [5.74, 6) is -0.630. The summed E-state index contributed by atoms with van der Waals surface area (Å²) in [6, 6.07) is 5.30. The van der Waals surface area contributed by atoms with Crippen molar-refractivity contribution >= 4 is 37.9 Å². The number of sulfonamides is 1. The number of anilines is 1. The van der Waals surface area contributed by atoms with Gasteiger partial charge < -0.3 is 5.32 Å². The van der Waals surface area contributed by atoms with Crippen LogP contribution in [0.5, 0.6) is 0 Å². The zero-order valence-corrected chi connectivity index (χ0v) is 14.0. The van der Waals surface area contributed by atoms with Gasteiger partial charge in [-0.05, 0) is 31.2 Å². The summed E-state index contributed by atoms with van der Waals surface area (Å²) >= 11 is 1.35. The van der Waals surface area contributed by atoms with Gasteiger partial charge in [-0.15, -0.1) is 11.3 Å². The summed E-state index contributed by atoms with van der Waals surface area (Å²) in [5.41, 5.74) is -0.248. The Kier molecular flexibility index (Phi) is 3.95. The molecule has 0 saturated carbocycles. The number of thiazole rings is 1. The van der Waals surface area contributed by atoms with Crippen LogP contribution in [-0.2, 0) is 10.0 Å². The lowest BCUT2D eigenvalue weighted by Crippen LogP contribution is -2.25. The third-order valence-electron chi connectivity index (χ3n) is 3.21. The van der Waals surface area contributed by atoms with Crippen molar-refractivity contribution in [3.8, 4) is 0 Å². The summed E-state index contributed by atoms with van der Waals surface area (Å²) in [5, 5.41) is 7.53. The third kappa shape index (κ3) is 3.07. The number of carbonyl (C=O) groups excluding carboxylic acids is 1. The minimum absolute atomic E-state index is 0.0718. The lowest BCUT2D eigenvalue weighted by molar-refractivity contribution is 0.102. The summed E-state index contributed by atoms with van der Waals surface area (Å²) in [6.45, 7) is 1.84. The van der Waals surface area contributed by atoms with E-state index in [-0.39, 0.29) is 10.5 Å². The number of benzene rings is 1. The largest absolute Gasteiger partial charge is 0.322 e. The fourth-order valence-electron chi connectivity index (χ4n) is 2.08. The average Bonchev–Trinajstić information content (AvgIpc) is 2.88. The predicted octanol–water partition coefficient (Wildman–Crippen LogP) is 0.964. The van der Waals surface area contributed by atoms with Gasteiger partial charge in [-0.3, -0.25) is 14.0 Å². The number of hydrogen-bond acceptors (Lipinski definition) is 6. The van der Waals surface area contributed by atoms with E-state index in [9.17, 15) is 18.0 Å². The number of primary sulfonamides is 1. The van der Waals surface area contributed by atoms with Crippen LogP contribution in [-0.4, -0.2) is 23.7 Å². The first-order valence-corrected chi connectivity index (χ1v) is 9.04. The smallest absolute Gasteiger partial charge is 0.271 e. The lowest BCUT2D eigenvalue weighted by Gasteiger charge is -2.05. The number of rotatable bonds is 3. The van der Waals surface area contributed by atoms with Crippen LogP contribution in [0.4, 0.5) is 5.69 Å². The lowest BCUT2D eigenvalue weighted by atomic mass is 10.2. The van der Waals surface area contributed by atoms with Gasteiger partial charge in [0.1, 0.15) is 5.56 Å². The summed E-state index contributed by atoms with van der Waals surface area (Å²) in [4.78, 5) is 30.0. The molecule has 0 unspecified atom stereocenters. The molecule has 1 amide bonds. The van der Waals surface area contributed by atoms with E-state index in [0.29, 0.717) is 10.6 Å². The molecular weight excluding hydrogens is 352 g/mol. The maximum Gasteiger partial charge on any atom is 0.271 e. The zero-order valence-electron chi connectivity index (χ0n) is 12.4. The predicted molar refractivity (Wildman–Crippen MR) is 89.8 cm³/mol. The molecule has 2 heterocycles. The van der Waals surface area contributed by atoms with E-state index in [0.717, 1.165) is 4.88 Å². The Hall–Kier alpha value is -2.56. The van der Waals surface area contributed by atoms with Gasteiger partial charge in [0, 0.05) is 23.0 Å². The van der Waals surface area contributed by atoms with E-state index in [1.54, 1.807) is 6.20 Å². The van der Waals surface area contributed by atoms with Crippen molar-refractivity contribution in [1.29, 1.82) is 0 Å². The van der Waals surface area contributed by atoms with Crippen molar-refractivity contribution in [2.24, 2.45) is 5.14 Å². The molecule has 3 aromatic rings. The second kappa shape index (κ2) is 5.82. The maximum atomic E-state index is 12.3. The normalized spacial score (nSPS) is 11.6. The van der Waals surface area contributed by atoms with Crippen LogP contribution in [0.3, 0.4) is 0 Å². The Morgan fingerprint density at radius 2 is 1.96 bits per heavy atom. The Balaban J connectivity index is 1.90. The number of nitrogens with one attached hydrogen (secondary N) is 1. The molecule has 3 N–H and O–H groups in total. The van der Waals surface area contributed by atoms with Crippen LogP contribution < -0.4 is 16.0 Å². The topological polar surface area (TPSA) is 124 Å². The van der Waals surface area contributed by atoms with Gasteiger partial charge in [0.15, 0.2) is 4.96 Å². The fourth-order valence-corrected chi connectivity index (χ4v) is 3.38. The Bertz CT molecular complexity index is 1100. The van der Waals surface area contributed by atoms with E-state index < -0.39 is 21.5 Å². The number of fused-ring (bicyclic) bond motifs is 1. The highest BCUT2D eigenvalue weighted by atomic mass is 32.2. The van der Waals surface area contributed by atoms with Gasteiger partial charge in [-0.25, -0.2) is 18.5 Å². The van der Waals surface area contributed by atoms with Gasteiger partial charge in [0.2, 0.25) is 10.0 Å². The van der Waals surface area contributed by atoms with Crippen LogP contribution in [0.2, 0.25) is 0 Å². The van der Waals surface area contributed by atoms with Crippen molar-refractivity contribution in [3.05, 3.63) is 57.5 Å². The number of carbonyl (C=O) groups is 1. The molecule has 24 heavy (non-hydrogen) atoms. The number of amides is 1. The zero-order chi connectivity index (χ0) is 17.5. The molecule has 0 aliphatic rings. The number of aryl methyl sites for hydroxylation is 1. The molecule has 0 spiro atoms. The van der Waals surface area contributed by atoms with Gasteiger partial charge in [-0.1, -0.05) is 0 Å². The fraction of sp³-hybridized carbons (Fsp3) is 0.0714. The van der Waals surface area contributed by atoms with Crippen LogP contribution >= 0.6 is 11.3 Å². The van der Waals surface area contributed by atoms with Gasteiger partial charge >= 0.3 is 0 Å². The molecule has 10 heteroatoms. The minimum atomic E-state index is -3.80. The maximum absolute atomic E-state index is 12.3. The molecule has 0 saturated heterocycles. The van der Waals surface area contributed by atoms with E-state index in [2.05, 4.69) is 10.3 Å². The quantitative estimate of drug-likeness (QED) is 0.716. The first-order valence-electron chi connectivity index (χ1n) is 6.68. The molecule has 1 aromatic carbocycles. The number of nitrogens with zero attached hydrogens (tertiary/aromatic N) is 2. The molecule has 124 valence electrons. The van der Waals surface area contributed by atoms with Crippen LogP contribution in [0, 0.1) is 6.92 Å². The van der Waals surface area contributed by atoms with Gasteiger partial charge in [0.25, 0.3) is 11.5 Å². The number of nitrogens with two attached hydrogens (primary N) is 1. The van der Waals surface area contributed by atoms with Crippen molar-refractivity contribution in [2.45, 2.75) is 11.8 Å². The van der Waals surface area contributed by atoms with Crippen LogP contribution in [0.25, 0.3) is 4.96 Å². The molecule has 0 fully saturated rings. The van der Waals surface area contributed by atoms with Crippen molar-refractivity contribution in [2.75, 3.05) is 5.32 Å². The average molecular weight is 364 g/mol. The molecule has 0 radical (unpaired) electrons. The molecular formula is C14H12N4O4S2. The first-order chi connectivity index (χ1) is 11.3. The Labute approximate surface area is 140 Å². The minimum Gasteiger partial charge on any atom is -0.322 e. The van der Waals surface area contributed by atoms with Crippen LogP contribution in [0.15, 0.2) is 46.3 Å². The van der Waals surface area contributed by atoms with E-state index in [1.807, 2.05) is 6.92 Å². The summed E-state index contributed by atoms with van der Waals surface area (Å²) < 4.78 is 23.7. The Morgan fingerprint density at radius 3 is 2.58 bits per heavy atom. The second-order valence-corrected chi connectivity index (χ2v) is 7.77. The first kappa shape index (κ1) is 16.3. The molecule has 0 aliphatic heterocycles. The Morgan fingerprint density at radius 1 is 1.29 bits per heavy atom. The van der Waals surface area contributed by atoms with Crippen molar-refractivity contribution in [3.63, 3.8) is 0 Å². The summed E-state index contributed by atoms with van der Waals surface area (Å²) in [6.07, 6.45) is 2.84. The summed E-state index contributed by atoms with van der Waals surface area (Å²) in [7, 11) is -3.80. The molecule has 0 aliphatic carbocycles. The number of aromatic nitrogens is 2. The van der Waals surface area contributed by atoms with Crippen molar-refractivity contribution in [1.82, 2.24) is 9.38 Å². The monoisotopic (exact) mass is 364 g/mol. The third-order valence-corrected chi connectivity index (χ3v) is 5.05. The molecule has 8 nitrogen and oxygen atoms in total. The highest BCUT2D eigenvalue weighted by Crippen LogP contribution is 2.15. The van der Waals surface area contributed by atoms with Gasteiger partial charge in [-0.2, -0.15) is 0 Å². The molecule has 3 rings (SSSR count). The highest BCUT2D eigenvalue weighted by molar-refractivity contribution is 7.89.